The molecule has 0 aromatic heterocycles. The van der Waals surface area contributed by atoms with Crippen molar-refractivity contribution in [3.63, 3.8) is 0 Å². The van der Waals surface area contributed by atoms with Crippen LogP contribution in [-0.2, 0) is 0 Å². The summed E-state index contributed by atoms with van der Waals surface area (Å²) in [4.78, 5) is 6.91. The van der Waals surface area contributed by atoms with E-state index in [-0.39, 0.29) is 6.10 Å². The van der Waals surface area contributed by atoms with Crippen molar-refractivity contribution in [1.82, 2.24) is 4.90 Å². The van der Waals surface area contributed by atoms with Crippen molar-refractivity contribution in [2.24, 2.45) is 10.7 Å². The van der Waals surface area contributed by atoms with Gasteiger partial charge in [0.15, 0.2) is 17.6 Å². The molecule has 3 rings (SSSR count). The van der Waals surface area contributed by atoms with Crippen LogP contribution in [0.3, 0.4) is 0 Å². The minimum atomic E-state index is -0.277. The number of benzene rings is 1. The zero-order valence-electron chi connectivity index (χ0n) is 12.3. The van der Waals surface area contributed by atoms with Crippen LogP contribution in [0.4, 0.5) is 0 Å². The molecule has 5 heteroatoms. The zero-order valence-corrected chi connectivity index (χ0v) is 12.3. The van der Waals surface area contributed by atoms with Crippen LogP contribution in [0.5, 0.6) is 11.5 Å². The highest BCUT2D eigenvalue weighted by atomic mass is 16.6. The van der Waals surface area contributed by atoms with Crippen molar-refractivity contribution in [3.8, 4) is 11.5 Å². The second kappa shape index (κ2) is 6.80. The molecule has 0 amide bonds. The van der Waals surface area contributed by atoms with Crippen LogP contribution in [0.25, 0.3) is 0 Å². The molecule has 1 aromatic rings. The Morgan fingerprint density at radius 3 is 2.76 bits per heavy atom. The normalized spacial score (nSPS) is 23.0. The summed E-state index contributed by atoms with van der Waals surface area (Å²) in [6.07, 6.45) is 3.68. The largest absolute Gasteiger partial charge is 0.485 e. The average Bonchev–Trinajstić information content (AvgIpc) is 2.55. The maximum absolute atomic E-state index is 6.05. The Morgan fingerprint density at radius 2 is 1.95 bits per heavy atom. The van der Waals surface area contributed by atoms with Gasteiger partial charge in [0.05, 0.1) is 6.54 Å². The van der Waals surface area contributed by atoms with E-state index in [0.717, 1.165) is 24.6 Å². The monoisotopic (exact) mass is 289 g/mol. The Labute approximate surface area is 125 Å². The molecule has 21 heavy (non-hydrogen) atoms. The Bertz CT molecular complexity index is 498. The molecule has 2 aliphatic rings. The summed E-state index contributed by atoms with van der Waals surface area (Å²) in [5.74, 6) is 2.04. The lowest BCUT2D eigenvalue weighted by atomic mass is 10.1. The van der Waals surface area contributed by atoms with Gasteiger partial charge in [0.2, 0.25) is 0 Å². The molecule has 114 valence electrons. The van der Waals surface area contributed by atoms with Crippen molar-refractivity contribution in [2.45, 2.75) is 25.4 Å². The van der Waals surface area contributed by atoms with E-state index in [0.29, 0.717) is 12.4 Å². The number of piperidine rings is 1. The number of aliphatic imine (C=N–C) groups is 1. The SMILES string of the molecule is NC(=NCCN1CCCCC1)C1COc2ccccc2O1. The van der Waals surface area contributed by atoms with E-state index in [4.69, 9.17) is 15.2 Å². The van der Waals surface area contributed by atoms with Gasteiger partial charge in [0, 0.05) is 6.54 Å². The summed E-state index contributed by atoms with van der Waals surface area (Å²) >= 11 is 0. The van der Waals surface area contributed by atoms with Crippen LogP contribution in [0.1, 0.15) is 19.3 Å². The number of ether oxygens (including phenoxy) is 2. The van der Waals surface area contributed by atoms with Gasteiger partial charge >= 0.3 is 0 Å². The first-order valence-electron chi connectivity index (χ1n) is 7.73. The fourth-order valence-electron chi connectivity index (χ4n) is 2.77. The predicted molar refractivity (Wildman–Crippen MR) is 83.1 cm³/mol. The third kappa shape index (κ3) is 3.67. The molecule has 0 bridgehead atoms. The second-order valence-corrected chi connectivity index (χ2v) is 5.57. The van der Waals surface area contributed by atoms with Crippen LogP contribution < -0.4 is 15.2 Å². The molecule has 1 aromatic carbocycles. The third-order valence-corrected chi connectivity index (χ3v) is 4.00. The number of fused-ring (bicyclic) bond motifs is 1. The molecule has 0 saturated carbocycles. The molecule has 5 nitrogen and oxygen atoms in total. The third-order valence-electron chi connectivity index (χ3n) is 4.00. The van der Waals surface area contributed by atoms with E-state index in [1.165, 1.54) is 32.4 Å². The summed E-state index contributed by atoms with van der Waals surface area (Å²) in [5.41, 5.74) is 6.05. The van der Waals surface area contributed by atoms with E-state index in [1.54, 1.807) is 0 Å². The fraction of sp³-hybridized carbons (Fsp3) is 0.562. The Kier molecular flexibility index (Phi) is 4.60. The molecule has 0 radical (unpaired) electrons. The lowest BCUT2D eigenvalue weighted by molar-refractivity contribution is 0.134. The van der Waals surface area contributed by atoms with Crippen LogP contribution in [0.15, 0.2) is 29.3 Å². The zero-order chi connectivity index (χ0) is 14.5. The van der Waals surface area contributed by atoms with Crippen LogP contribution in [-0.4, -0.2) is 49.6 Å². The topological polar surface area (TPSA) is 60.1 Å². The van der Waals surface area contributed by atoms with Crippen molar-refractivity contribution >= 4 is 5.84 Å². The number of hydrogen-bond acceptors (Lipinski definition) is 4. The summed E-state index contributed by atoms with van der Waals surface area (Å²) in [7, 11) is 0. The van der Waals surface area contributed by atoms with Crippen molar-refractivity contribution < 1.29 is 9.47 Å². The maximum Gasteiger partial charge on any atom is 0.189 e. The minimum Gasteiger partial charge on any atom is -0.485 e. The molecule has 0 aliphatic carbocycles. The van der Waals surface area contributed by atoms with Crippen LogP contribution >= 0.6 is 0 Å². The predicted octanol–water partition coefficient (Wildman–Crippen LogP) is 1.67. The molecule has 2 aliphatic heterocycles. The smallest absolute Gasteiger partial charge is 0.189 e. The Morgan fingerprint density at radius 1 is 1.19 bits per heavy atom. The van der Waals surface area contributed by atoms with E-state index >= 15 is 0 Å². The van der Waals surface area contributed by atoms with E-state index in [1.807, 2.05) is 24.3 Å². The summed E-state index contributed by atoms with van der Waals surface area (Å²) in [6, 6.07) is 7.64. The van der Waals surface area contributed by atoms with Gasteiger partial charge in [-0.05, 0) is 38.1 Å². The van der Waals surface area contributed by atoms with E-state index < -0.39 is 0 Å². The summed E-state index contributed by atoms with van der Waals surface area (Å²) < 4.78 is 11.5. The Hall–Kier alpha value is -1.75. The maximum atomic E-state index is 6.05. The summed E-state index contributed by atoms with van der Waals surface area (Å²) in [6.45, 7) is 4.51. The molecular formula is C16H23N3O2. The number of hydrogen-bond donors (Lipinski definition) is 1. The van der Waals surface area contributed by atoms with Crippen molar-refractivity contribution in [2.75, 3.05) is 32.8 Å². The minimum absolute atomic E-state index is 0.277. The number of amidine groups is 1. The Balaban J connectivity index is 1.51. The molecule has 1 atom stereocenters. The van der Waals surface area contributed by atoms with Gasteiger partial charge in [-0.2, -0.15) is 0 Å². The van der Waals surface area contributed by atoms with Gasteiger partial charge in [-0.25, -0.2) is 0 Å². The van der Waals surface area contributed by atoms with Gasteiger partial charge in [-0.15, -0.1) is 0 Å². The van der Waals surface area contributed by atoms with Crippen LogP contribution in [0.2, 0.25) is 0 Å². The lowest BCUT2D eigenvalue weighted by Gasteiger charge is -2.27. The molecule has 2 N–H and O–H groups in total. The van der Waals surface area contributed by atoms with Gasteiger partial charge in [-0.3, -0.25) is 4.99 Å². The highest BCUT2D eigenvalue weighted by Crippen LogP contribution is 2.30. The number of nitrogens with zero attached hydrogens (tertiary/aromatic N) is 2. The van der Waals surface area contributed by atoms with E-state index in [9.17, 15) is 0 Å². The average molecular weight is 289 g/mol. The molecule has 1 fully saturated rings. The van der Waals surface area contributed by atoms with Crippen LogP contribution in [0, 0.1) is 0 Å². The van der Waals surface area contributed by atoms with Gasteiger partial charge in [0.25, 0.3) is 0 Å². The standard InChI is InChI=1S/C16H23N3O2/c17-16(18-8-11-19-9-4-1-5-10-19)15-12-20-13-6-2-3-7-14(13)21-15/h2-3,6-7,15H,1,4-5,8-12H2,(H2,17,18). The van der Waals surface area contributed by atoms with Gasteiger partial charge < -0.3 is 20.1 Å². The van der Waals surface area contributed by atoms with Gasteiger partial charge in [0.1, 0.15) is 12.4 Å². The summed E-state index contributed by atoms with van der Waals surface area (Å²) in [5, 5.41) is 0. The lowest BCUT2D eigenvalue weighted by Crippen LogP contribution is -2.41. The fourth-order valence-corrected chi connectivity index (χ4v) is 2.77. The highest BCUT2D eigenvalue weighted by molar-refractivity contribution is 5.85. The number of nitrogens with two attached hydrogens (primary N) is 1. The first-order valence-corrected chi connectivity index (χ1v) is 7.73. The van der Waals surface area contributed by atoms with Crippen molar-refractivity contribution in [3.05, 3.63) is 24.3 Å². The first kappa shape index (κ1) is 14.2. The van der Waals surface area contributed by atoms with E-state index in [2.05, 4.69) is 9.89 Å². The molecule has 0 spiro atoms. The van der Waals surface area contributed by atoms with Crippen molar-refractivity contribution in [1.29, 1.82) is 0 Å². The highest BCUT2D eigenvalue weighted by Gasteiger charge is 2.23. The molecule has 1 unspecified atom stereocenters. The quantitative estimate of drug-likeness (QED) is 0.676. The first-order chi connectivity index (χ1) is 10.3. The number of para-hydroxylation sites is 2. The molecule has 1 saturated heterocycles. The molecular weight excluding hydrogens is 266 g/mol. The number of rotatable bonds is 4. The number of likely N-dealkylation sites (tertiary alicyclic amines) is 1. The second-order valence-electron chi connectivity index (χ2n) is 5.57. The van der Waals surface area contributed by atoms with Gasteiger partial charge in [-0.1, -0.05) is 18.6 Å². The molecule has 2 heterocycles.